The van der Waals surface area contributed by atoms with Crippen molar-refractivity contribution in [3.63, 3.8) is 0 Å². The van der Waals surface area contributed by atoms with Gasteiger partial charge in [0.15, 0.2) is 17.3 Å². The molecule has 0 aliphatic rings. The number of aromatic amines is 2. The molecule has 0 spiro atoms. The van der Waals surface area contributed by atoms with Gasteiger partial charge in [0.05, 0.1) is 28.3 Å². The Morgan fingerprint density at radius 3 is 2.69 bits per heavy atom. The number of nitrogens with one attached hydrogen (secondary N) is 3. The number of benzene rings is 1. The molecule has 0 aliphatic heterocycles. The second-order valence-electron chi connectivity index (χ2n) is 9.39. The third-order valence-corrected chi connectivity index (χ3v) is 6.29. The van der Waals surface area contributed by atoms with Gasteiger partial charge in [0, 0.05) is 48.5 Å². The molecule has 0 amide bonds. The first-order valence-electron chi connectivity index (χ1n) is 12.2. The van der Waals surface area contributed by atoms with Crippen LogP contribution in [-0.4, -0.2) is 67.2 Å². The molecular formula is C27H24F2N10. The van der Waals surface area contributed by atoms with Crippen molar-refractivity contribution in [2.24, 2.45) is 0 Å². The molecule has 1 aromatic carbocycles. The number of aromatic nitrogens is 7. The van der Waals surface area contributed by atoms with Crippen LogP contribution in [0.2, 0.25) is 0 Å². The summed E-state index contributed by atoms with van der Waals surface area (Å²) in [7, 11) is 3.95. The molecule has 39 heavy (non-hydrogen) atoms. The number of nitrogens with zero attached hydrogens (tertiary/aromatic N) is 6. The zero-order chi connectivity index (χ0) is 27.1. The van der Waals surface area contributed by atoms with Crippen molar-refractivity contribution in [2.45, 2.75) is 0 Å². The molecule has 0 saturated carbocycles. The highest BCUT2D eigenvalue weighted by Gasteiger charge is 2.21. The van der Waals surface area contributed by atoms with Gasteiger partial charge in [-0.05, 0) is 50.0 Å². The van der Waals surface area contributed by atoms with Crippen LogP contribution in [0.25, 0.3) is 56.0 Å². The average Bonchev–Trinajstić information content (AvgIpc) is 3.53. The van der Waals surface area contributed by atoms with E-state index in [2.05, 4.69) is 40.4 Å². The smallest absolute Gasteiger partial charge is 0.178 e. The molecular weight excluding hydrogens is 502 g/mol. The summed E-state index contributed by atoms with van der Waals surface area (Å²) in [5.74, 6) is -0.657. The number of hydrogen-bond donors (Lipinski definition) is 4. The Labute approximate surface area is 221 Å². The second-order valence-corrected chi connectivity index (χ2v) is 9.39. The number of anilines is 2. The van der Waals surface area contributed by atoms with Crippen LogP contribution < -0.4 is 11.1 Å². The Balaban J connectivity index is 1.43. The lowest BCUT2D eigenvalue weighted by Crippen LogP contribution is -2.20. The first-order valence-corrected chi connectivity index (χ1v) is 12.2. The zero-order valence-electron chi connectivity index (χ0n) is 21.1. The van der Waals surface area contributed by atoms with Crippen LogP contribution in [0.3, 0.4) is 0 Å². The van der Waals surface area contributed by atoms with Gasteiger partial charge in [0.1, 0.15) is 17.2 Å². The summed E-state index contributed by atoms with van der Waals surface area (Å²) < 4.78 is 30.4. The van der Waals surface area contributed by atoms with Gasteiger partial charge >= 0.3 is 0 Å². The number of rotatable bonds is 7. The molecule has 10 nitrogen and oxygen atoms in total. The number of fused-ring (bicyclic) bond motifs is 2. The van der Waals surface area contributed by atoms with Crippen LogP contribution in [0.15, 0.2) is 55.1 Å². The van der Waals surface area contributed by atoms with Crippen molar-refractivity contribution in [3.8, 4) is 33.9 Å². The zero-order valence-corrected chi connectivity index (χ0v) is 21.1. The number of pyridine rings is 3. The molecule has 196 valence electrons. The van der Waals surface area contributed by atoms with Crippen molar-refractivity contribution in [1.29, 1.82) is 0 Å². The molecule has 5 aromatic heterocycles. The number of nitrogen functional groups attached to an aromatic ring is 1. The number of nitrogens with two attached hydrogens (primary N) is 1. The van der Waals surface area contributed by atoms with E-state index in [0.29, 0.717) is 57.1 Å². The molecule has 12 heteroatoms. The summed E-state index contributed by atoms with van der Waals surface area (Å²) in [6.45, 7) is 1.46. The van der Waals surface area contributed by atoms with E-state index in [4.69, 9.17) is 5.73 Å². The number of likely N-dealkylation sites (N-methyl/N-ethyl adjacent to an activating group) is 1. The summed E-state index contributed by atoms with van der Waals surface area (Å²) in [5.41, 5.74) is 10.4. The lowest BCUT2D eigenvalue weighted by atomic mass is 10.0. The van der Waals surface area contributed by atoms with E-state index < -0.39 is 5.82 Å². The summed E-state index contributed by atoms with van der Waals surface area (Å²) in [6.07, 6.45) is 6.07. The minimum absolute atomic E-state index is 0.0916. The Morgan fingerprint density at radius 1 is 1.00 bits per heavy atom. The average molecular weight is 527 g/mol. The predicted octanol–water partition coefficient (Wildman–Crippen LogP) is 4.46. The minimum Gasteiger partial charge on any atom is -0.397 e. The van der Waals surface area contributed by atoms with Gasteiger partial charge in [-0.3, -0.25) is 15.1 Å². The highest BCUT2D eigenvalue weighted by Crippen LogP contribution is 2.34. The van der Waals surface area contributed by atoms with Crippen LogP contribution in [0.1, 0.15) is 0 Å². The van der Waals surface area contributed by atoms with Crippen molar-refractivity contribution in [1.82, 2.24) is 40.0 Å². The summed E-state index contributed by atoms with van der Waals surface area (Å²) in [6, 6.07) is 8.16. The maximum atomic E-state index is 15.8. The second kappa shape index (κ2) is 9.72. The van der Waals surface area contributed by atoms with Crippen LogP contribution in [0, 0.1) is 11.6 Å². The fourth-order valence-electron chi connectivity index (χ4n) is 4.47. The maximum absolute atomic E-state index is 15.8. The van der Waals surface area contributed by atoms with Crippen molar-refractivity contribution in [2.75, 3.05) is 38.2 Å². The monoisotopic (exact) mass is 526 g/mol. The molecule has 0 radical (unpaired) electrons. The molecule has 0 saturated heterocycles. The van der Waals surface area contributed by atoms with Crippen LogP contribution in [0.5, 0.6) is 0 Å². The van der Waals surface area contributed by atoms with E-state index in [9.17, 15) is 4.39 Å². The quantitative estimate of drug-likeness (QED) is 0.239. The summed E-state index contributed by atoms with van der Waals surface area (Å²) >= 11 is 0. The van der Waals surface area contributed by atoms with Gasteiger partial charge in [-0.25, -0.2) is 18.7 Å². The minimum atomic E-state index is -0.587. The van der Waals surface area contributed by atoms with Crippen LogP contribution >= 0.6 is 0 Å². The van der Waals surface area contributed by atoms with Crippen molar-refractivity contribution >= 4 is 33.4 Å². The maximum Gasteiger partial charge on any atom is 0.178 e. The Morgan fingerprint density at radius 2 is 1.87 bits per heavy atom. The molecule has 0 unspecified atom stereocenters. The van der Waals surface area contributed by atoms with E-state index in [1.54, 1.807) is 18.3 Å². The molecule has 0 aliphatic carbocycles. The molecule has 5 heterocycles. The van der Waals surface area contributed by atoms with Gasteiger partial charge in [0.25, 0.3) is 0 Å². The van der Waals surface area contributed by atoms with Crippen molar-refractivity contribution in [3.05, 3.63) is 66.8 Å². The van der Waals surface area contributed by atoms with Gasteiger partial charge in [-0.15, -0.1) is 0 Å². The first kappa shape index (κ1) is 24.4. The fourth-order valence-corrected chi connectivity index (χ4v) is 4.47. The van der Waals surface area contributed by atoms with E-state index >= 15 is 4.39 Å². The van der Waals surface area contributed by atoms with E-state index in [0.717, 1.165) is 6.54 Å². The molecule has 5 N–H and O–H groups in total. The Kier molecular flexibility index (Phi) is 6.08. The molecule has 6 rings (SSSR count). The topological polar surface area (TPSA) is 137 Å². The molecule has 6 aromatic rings. The summed E-state index contributed by atoms with van der Waals surface area (Å²) in [5, 5.41) is 10.6. The first-order chi connectivity index (χ1) is 18.9. The third-order valence-electron chi connectivity index (χ3n) is 6.29. The molecule has 0 fully saturated rings. The standard InChI is InChI=1S/C27H24F2N10/c1-39(2)6-5-32-18-9-14(7-16(28)10-18)19-3-4-33-26-24(19)35-27(36-26)25-21-20(37-38-25)13-34-23(22(21)29)15-8-17(30)12-31-11-15/h3-4,7-13,32H,5-6,30H2,1-2H3,(H,37,38)(H,33,35,36). The number of H-pyrrole nitrogens is 2. The molecule has 0 bridgehead atoms. The van der Waals surface area contributed by atoms with Gasteiger partial charge in [-0.2, -0.15) is 5.10 Å². The van der Waals surface area contributed by atoms with Crippen LogP contribution in [0.4, 0.5) is 20.2 Å². The van der Waals surface area contributed by atoms with E-state index in [1.807, 2.05) is 25.1 Å². The normalized spacial score (nSPS) is 11.6. The van der Waals surface area contributed by atoms with Gasteiger partial charge in [0.2, 0.25) is 0 Å². The van der Waals surface area contributed by atoms with Crippen LogP contribution in [-0.2, 0) is 0 Å². The van der Waals surface area contributed by atoms with E-state index in [-0.39, 0.29) is 22.6 Å². The number of imidazole rings is 1. The third kappa shape index (κ3) is 4.61. The highest BCUT2D eigenvalue weighted by atomic mass is 19.1. The number of hydrogen-bond acceptors (Lipinski definition) is 8. The lowest BCUT2D eigenvalue weighted by molar-refractivity contribution is 0.425. The highest BCUT2D eigenvalue weighted by molar-refractivity contribution is 5.97. The van der Waals surface area contributed by atoms with E-state index in [1.165, 1.54) is 30.7 Å². The molecule has 0 atom stereocenters. The lowest BCUT2D eigenvalue weighted by Gasteiger charge is -2.13. The summed E-state index contributed by atoms with van der Waals surface area (Å²) in [4.78, 5) is 22.5. The van der Waals surface area contributed by atoms with Gasteiger partial charge < -0.3 is 20.9 Å². The predicted molar refractivity (Wildman–Crippen MR) is 147 cm³/mol. The fraction of sp³-hybridized carbons (Fsp3) is 0.148. The SMILES string of the molecule is CN(C)CCNc1cc(F)cc(-c2ccnc3nc(-c4n[nH]c5cnc(-c6cncc(N)c6)c(F)c45)[nH]c23)c1. The Bertz CT molecular complexity index is 1830. The Hall–Kier alpha value is -4.97. The van der Waals surface area contributed by atoms with Crippen molar-refractivity contribution < 1.29 is 8.78 Å². The van der Waals surface area contributed by atoms with Gasteiger partial charge in [-0.1, -0.05) is 0 Å². The number of halogens is 2. The largest absolute Gasteiger partial charge is 0.397 e.